The Kier molecular flexibility index (Phi) is 3.79. The first kappa shape index (κ1) is 12.7. The molecule has 0 saturated carbocycles. The molecule has 7 heteroatoms. The van der Waals surface area contributed by atoms with E-state index in [1.165, 1.54) is 18.2 Å². The fraction of sp³-hybridized carbons (Fsp3) is 0. The highest BCUT2D eigenvalue weighted by molar-refractivity contribution is 5.99. The third-order valence-electron chi connectivity index (χ3n) is 2.31. The van der Waals surface area contributed by atoms with Crippen LogP contribution in [0.15, 0.2) is 53.7 Å². The van der Waals surface area contributed by atoms with E-state index < -0.39 is 4.92 Å². The molecular formula is C12H10N4O3. The van der Waals surface area contributed by atoms with E-state index in [1.807, 2.05) is 5.48 Å². The molecule has 0 aliphatic rings. The number of benzene rings is 1. The molecule has 0 bridgehead atoms. The number of hydroxylamine groups is 1. The molecule has 1 aromatic carbocycles. The minimum Gasteiger partial charge on any atom is -0.290 e. The summed E-state index contributed by atoms with van der Waals surface area (Å²) < 4.78 is 0. The summed E-state index contributed by atoms with van der Waals surface area (Å²) in [6, 6.07) is 10.9. The Labute approximate surface area is 108 Å². The number of aliphatic imine (C=N–C) groups is 1. The summed E-state index contributed by atoms with van der Waals surface area (Å²) in [5.74, 6) is 0.466. The SMILES string of the molecule is O=[N+]([O-])c1cccc(/C(=N\c2ccccn2)NO)c1. The highest BCUT2D eigenvalue weighted by Gasteiger charge is 2.09. The van der Waals surface area contributed by atoms with Crippen LogP contribution in [0.3, 0.4) is 0 Å². The van der Waals surface area contributed by atoms with Crippen LogP contribution in [0.5, 0.6) is 0 Å². The summed E-state index contributed by atoms with van der Waals surface area (Å²) in [7, 11) is 0. The third kappa shape index (κ3) is 3.11. The highest BCUT2D eigenvalue weighted by atomic mass is 16.6. The maximum atomic E-state index is 10.7. The molecular weight excluding hydrogens is 248 g/mol. The Morgan fingerprint density at radius 3 is 2.79 bits per heavy atom. The zero-order chi connectivity index (χ0) is 13.7. The Morgan fingerprint density at radius 1 is 1.32 bits per heavy atom. The molecule has 2 N–H and O–H groups in total. The van der Waals surface area contributed by atoms with Crippen molar-refractivity contribution < 1.29 is 10.1 Å². The molecule has 2 rings (SSSR count). The van der Waals surface area contributed by atoms with E-state index in [0.29, 0.717) is 11.4 Å². The maximum Gasteiger partial charge on any atom is 0.270 e. The molecule has 2 aromatic rings. The first-order valence-corrected chi connectivity index (χ1v) is 5.35. The number of hydrogen-bond donors (Lipinski definition) is 2. The standard InChI is InChI=1S/C12H10N4O3/c17-15-12(14-11-6-1-2-7-13-11)9-4-3-5-10(8-9)16(18)19/h1-8,17H,(H,13,14,15). The number of amidine groups is 1. The molecule has 0 aliphatic carbocycles. The highest BCUT2D eigenvalue weighted by Crippen LogP contribution is 2.15. The van der Waals surface area contributed by atoms with Crippen molar-refractivity contribution in [2.24, 2.45) is 4.99 Å². The van der Waals surface area contributed by atoms with Gasteiger partial charge in [0.2, 0.25) is 0 Å². The van der Waals surface area contributed by atoms with Gasteiger partial charge in [-0.05, 0) is 12.1 Å². The van der Waals surface area contributed by atoms with Crippen LogP contribution < -0.4 is 5.48 Å². The minimum absolute atomic E-state index is 0.0820. The van der Waals surface area contributed by atoms with Crippen molar-refractivity contribution in [3.05, 3.63) is 64.3 Å². The third-order valence-corrected chi connectivity index (χ3v) is 2.31. The van der Waals surface area contributed by atoms with Crippen molar-refractivity contribution in [1.29, 1.82) is 0 Å². The smallest absolute Gasteiger partial charge is 0.270 e. The van der Waals surface area contributed by atoms with E-state index in [-0.39, 0.29) is 11.5 Å². The minimum atomic E-state index is -0.515. The maximum absolute atomic E-state index is 10.7. The molecule has 0 radical (unpaired) electrons. The molecule has 0 atom stereocenters. The molecule has 1 aromatic heterocycles. The van der Waals surface area contributed by atoms with Gasteiger partial charge in [-0.1, -0.05) is 18.2 Å². The molecule has 0 fully saturated rings. The van der Waals surface area contributed by atoms with E-state index in [1.54, 1.807) is 30.5 Å². The number of pyridine rings is 1. The predicted octanol–water partition coefficient (Wildman–Crippen LogP) is 2.05. The average molecular weight is 258 g/mol. The van der Waals surface area contributed by atoms with Crippen LogP contribution in [0.25, 0.3) is 0 Å². The first-order chi connectivity index (χ1) is 9.20. The van der Waals surface area contributed by atoms with Crippen LogP contribution in [0.2, 0.25) is 0 Å². The van der Waals surface area contributed by atoms with E-state index in [9.17, 15) is 10.1 Å². The van der Waals surface area contributed by atoms with Crippen LogP contribution in [0.4, 0.5) is 11.5 Å². The Hall–Kier alpha value is -2.80. The molecule has 96 valence electrons. The van der Waals surface area contributed by atoms with Gasteiger partial charge in [0.1, 0.15) is 0 Å². The number of hydrogen-bond acceptors (Lipinski definition) is 5. The van der Waals surface area contributed by atoms with Gasteiger partial charge in [-0.2, -0.15) is 0 Å². The molecule has 0 saturated heterocycles. The van der Waals surface area contributed by atoms with E-state index >= 15 is 0 Å². The monoisotopic (exact) mass is 258 g/mol. The number of nitrogens with one attached hydrogen (secondary N) is 1. The molecule has 1 heterocycles. The van der Waals surface area contributed by atoms with Gasteiger partial charge >= 0.3 is 0 Å². The van der Waals surface area contributed by atoms with Crippen LogP contribution in [0.1, 0.15) is 5.56 Å². The quantitative estimate of drug-likeness (QED) is 0.380. The van der Waals surface area contributed by atoms with Gasteiger partial charge in [0.05, 0.1) is 4.92 Å². The summed E-state index contributed by atoms with van der Waals surface area (Å²) in [5.41, 5.74) is 2.23. The topological polar surface area (TPSA) is 101 Å². The zero-order valence-electron chi connectivity index (χ0n) is 9.72. The van der Waals surface area contributed by atoms with Crippen LogP contribution in [-0.2, 0) is 0 Å². The first-order valence-electron chi connectivity index (χ1n) is 5.35. The van der Waals surface area contributed by atoms with Crippen molar-refractivity contribution >= 4 is 17.3 Å². The van der Waals surface area contributed by atoms with Gasteiger partial charge in [-0.15, -0.1) is 0 Å². The molecule has 0 unspecified atom stereocenters. The van der Waals surface area contributed by atoms with Crippen LogP contribution in [0, 0.1) is 10.1 Å². The van der Waals surface area contributed by atoms with E-state index in [0.717, 1.165) is 0 Å². The summed E-state index contributed by atoms with van der Waals surface area (Å²) in [6.45, 7) is 0. The molecule has 7 nitrogen and oxygen atoms in total. The Bertz CT molecular complexity index is 613. The summed E-state index contributed by atoms with van der Waals surface area (Å²) in [5, 5.41) is 19.8. The van der Waals surface area contributed by atoms with Gasteiger partial charge in [0, 0.05) is 23.9 Å². The lowest BCUT2D eigenvalue weighted by Gasteiger charge is -2.04. The van der Waals surface area contributed by atoms with Crippen LogP contribution in [-0.4, -0.2) is 21.0 Å². The lowest BCUT2D eigenvalue weighted by atomic mass is 10.2. The summed E-state index contributed by atoms with van der Waals surface area (Å²) in [4.78, 5) is 18.2. The second-order valence-corrected chi connectivity index (χ2v) is 3.57. The molecule has 0 spiro atoms. The molecule has 0 amide bonds. The lowest BCUT2D eigenvalue weighted by Crippen LogP contribution is -2.20. The van der Waals surface area contributed by atoms with Gasteiger partial charge < -0.3 is 0 Å². The van der Waals surface area contributed by atoms with Gasteiger partial charge in [0.25, 0.3) is 5.69 Å². The molecule has 0 aliphatic heterocycles. The van der Waals surface area contributed by atoms with Crippen molar-refractivity contribution in [1.82, 2.24) is 10.5 Å². The average Bonchev–Trinajstić information content (AvgIpc) is 2.46. The van der Waals surface area contributed by atoms with Crippen molar-refractivity contribution in [3.8, 4) is 0 Å². The number of aromatic nitrogens is 1. The van der Waals surface area contributed by atoms with Crippen LogP contribution >= 0.6 is 0 Å². The number of nitro groups is 1. The normalized spacial score (nSPS) is 11.1. The second kappa shape index (κ2) is 5.69. The summed E-state index contributed by atoms with van der Waals surface area (Å²) >= 11 is 0. The predicted molar refractivity (Wildman–Crippen MR) is 68.5 cm³/mol. The van der Waals surface area contributed by atoms with Gasteiger partial charge in [-0.25, -0.2) is 9.98 Å². The zero-order valence-corrected chi connectivity index (χ0v) is 9.72. The molecule has 19 heavy (non-hydrogen) atoms. The van der Waals surface area contributed by atoms with Crippen molar-refractivity contribution in [2.75, 3.05) is 0 Å². The fourth-order valence-electron chi connectivity index (χ4n) is 1.46. The fourth-order valence-corrected chi connectivity index (χ4v) is 1.46. The lowest BCUT2D eigenvalue weighted by molar-refractivity contribution is -0.384. The Morgan fingerprint density at radius 2 is 2.16 bits per heavy atom. The van der Waals surface area contributed by atoms with Crippen molar-refractivity contribution in [2.45, 2.75) is 0 Å². The largest absolute Gasteiger partial charge is 0.290 e. The van der Waals surface area contributed by atoms with Crippen molar-refractivity contribution in [3.63, 3.8) is 0 Å². The number of nitro benzene ring substituents is 1. The van der Waals surface area contributed by atoms with Gasteiger partial charge in [-0.3, -0.25) is 20.8 Å². The Balaban J connectivity index is 2.40. The van der Waals surface area contributed by atoms with E-state index in [4.69, 9.17) is 5.21 Å². The second-order valence-electron chi connectivity index (χ2n) is 3.57. The number of non-ortho nitro benzene ring substituents is 1. The van der Waals surface area contributed by atoms with E-state index in [2.05, 4.69) is 9.98 Å². The van der Waals surface area contributed by atoms with Gasteiger partial charge in [0.15, 0.2) is 11.7 Å². The summed E-state index contributed by atoms with van der Waals surface area (Å²) in [6.07, 6.45) is 1.56. The number of nitrogens with zero attached hydrogens (tertiary/aromatic N) is 3. The number of rotatable bonds is 3.